The van der Waals surface area contributed by atoms with E-state index in [1.54, 1.807) is 13.8 Å². The van der Waals surface area contributed by atoms with Crippen molar-refractivity contribution in [2.45, 2.75) is 19.6 Å². The van der Waals surface area contributed by atoms with E-state index in [4.69, 9.17) is 14.6 Å². The first-order valence-electron chi connectivity index (χ1n) is 3.56. The quantitative estimate of drug-likeness (QED) is 0.396. The molecule has 0 aromatic heterocycles. The summed E-state index contributed by atoms with van der Waals surface area (Å²) in [6.07, 6.45) is 1.52. The topological polar surface area (TPSA) is 72.8 Å². The highest BCUT2D eigenvalue weighted by Gasteiger charge is 2.20. The Labute approximate surface area is 75.9 Å². The van der Waals surface area contributed by atoms with Gasteiger partial charge in [-0.1, -0.05) is 0 Å². The first-order chi connectivity index (χ1) is 5.87. The third kappa shape index (κ3) is 5.86. The van der Waals surface area contributed by atoms with E-state index in [0.29, 0.717) is 6.08 Å². The summed E-state index contributed by atoms with van der Waals surface area (Å²) < 4.78 is 9.52. The number of hydrogen-bond acceptors (Lipinski definition) is 4. The molecule has 0 amide bonds. The maximum Gasteiger partial charge on any atom is 0.333 e. The molecule has 0 rings (SSSR count). The summed E-state index contributed by atoms with van der Waals surface area (Å²) in [7, 11) is 1.38. The van der Waals surface area contributed by atoms with E-state index in [1.165, 1.54) is 7.11 Å². The molecule has 0 aromatic rings. The van der Waals surface area contributed by atoms with Gasteiger partial charge in [0.1, 0.15) is 0 Å². The molecule has 0 spiro atoms. The Morgan fingerprint density at radius 1 is 1.31 bits per heavy atom. The zero-order chi connectivity index (χ0) is 10.5. The highest BCUT2D eigenvalue weighted by molar-refractivity contribution is 5.90. The molecule has 1 N–H and O–H groups in total. The number of aliphatic carboxylic acids is 1. The molecule has 0 aliphatic heterocycles. The lowest BCUT2D eigenvalue weighted by atomic mass is 10.4. The summed E-state index contributed by atoms with van der Waals surface area (Å²) >= 11 is 0. The maximum atomic E-state index is 10.9. The van der Waals surface area contributed by atoms with Gasteiger partial charge in [-0.2, -0.15) is 0 Å². The average molecular weight is 188 g/mol. The monoisotopic (exact) mass is 188 g/mol. The second-order valence-electron chi connectivity index (χ2n) is 2.70. The number of carboxylic acid groups (broad SMARTS) is 1. The van der Waals surface area contributed by atoms with Crippen molar-refractivity contribution < 1.29 is 24.2 Å². The summed E-state index contributed by atoms with van der Waals surface area (Å²) in [5.41, 5.74) is 0. The van der Waals surface area contributed by atoms with E-state index in [9.17, 15) is 9.59 Å². The fraction of sp³-hybridized carbons (Fsp3) is 0.500. The van der Waals surface area contributed by atoms with Crippen LogP contribution < -0.4 is 0 Å². The Hall–Kier alpha value is -1.36. The van der Waals surface area contributed by atoms with Crippen molar-refractivity contribution in [1.82, 2.24) is 0 Å². The van der Waals surface area contributed by atoms with Crippen LogP contribution in [0.2, 0.25) is 0 Å². The second kappa shape index (κ2) is 4.61. The largest absolute Gasteiger partial charge is 0.478 e. The highest BCUT2D eigenvalue weighted by atomic mass is 16.7. The molecule has 0 bridgehead atoms. The Balaban J connectivity index is 4.09. The molecule has 0 atom stereocenters. The van der Waals surface area contributed by atoms with Crippen LogP contribution in [-0.2, 0) is 19.1 Å². The Kier molecular flexibility index (Phi) is 4.13. The van der Waals surface area contributed by atoms with Crippen LogP contribution in [0.1, 0.15) is 13.8 Å². The van der Waals surface area contributed by atoms with Crippen LogP contribution in [0.3, 0.4) is 0 Å². The molecule has 5 heteroatoms. The lowest BCUT2D eigenvalue weighted by molar-refractivity contribution is -0.200. The van der Waals surface area contributed by atoms with Gasteiger partial charge >= 0.3 is 11.9 Å². The van der Waals surface area contributed by atoms with Crippen molar-refractivity contribution in [3.05, 3.63) is 12.2 Å². The predicted molar refractivity (Wildman–Crippen MR) is 44.0 cm³/mol. The van der Waals surface area contributed by atoms with Crippen LogP contribution in [0.15, 0.2) is 12.2 Å². The minimum Gasteiger partial charge on any atom is -0.478 e. The van der Waals surface area contributed by atoms with Crippen LogP contribution in [0.5, 0.6) is 0 Å². The van der Waals surface area contributed by atoms with Crippen molar-refractivity contribution in [1.29, 1.82) is 0 Å². The molecule has 0 saturated carbocycles. The van der Waals surface area contributed by atoms with Gasteiger partial charge in [-0.15, -0.1) is 0 Å². The fourth-order valence-electron chi connectivity index (χ4n) is 0.457. The van der Waals surface area contributed by atoms with Gasteiger partial charge in [0.2, 0.25) is 5.79 Å². The van der Waals surface area contributed by atoms with Crippen molar-refractivity contribution in [2.75, 3.05) is 7.11 Å². The molecule has 13 heavy (non-hydrogen) atoms. The number of ether oxygens (including phenoxy) is 2. The summed E-state index contributed by atoms with van der Waals surface area (Å²) in [5, 5.41) is 8.19. The summed E-state index contributed by atoms with van der Waals surface area (Å²) in [4.78, 5) is 20.9. The van der Waals surface area contributed by atoms with Crippen molar-refractivity contribution in [2.24, 2.45) is 0 Å². The number of methoxy groups -OCH3 is 1. The normalized spacial score (nSPS) is 11.6. The molecule has 0 saturated heterocycles. The van der Waals surface area contributed by atoms with Gasteiger partial charge in [-0.3, -0.25) is 0 Å². The van der Waals surface area contributed by atoms with E-state index in [2.05, 4.69) is 0 Å². The van der Waals surface area contributed by atoms with E-state index >= 15 is 0 Å². The van der Waals surface area contributed by atoms with E-state index in [0.717, 1.165) is 6.08 Å². The molecule has 5 nitrogen and oxygen atoms in total. The van der Waals surface area contributed by atoms with Gasteiger partial charge in [-0.25, -0.2) is 9.59 Å². The Bertz CT molecular complexity index is 229. The third-order valence-electron chi connectivity index (χ3n) is 1.20. The average Bonchev–Trinajstić information content (AvgIpc) is 2.00. The minimum atomic E-state index is -1.20. The van der Waals surface area contributed by atoms with Crippen LogP contribution in [0.25, 0.3) is 0 Å². The number of rotatable bonds is 4. The molecule has 0 aromatic carbocycles. The van der Waals surface area contributed by atoms with Crippen LogP contribution in [-0.4, -0.2) is 29.9 Å². The molecule has 0 aliphatic carbocycles. The molecule has 0 aliphatic rings. The molecule has 0 radical (unpaired) electrons. The van der Waals surface area contributed by atoms with Gasteiger partial charge in [-0.05, 0) is 0 Å². The number of carbonyl (C=O) groups is 2. The molecule has 74 valence electrons. The second-order valence-corrected chi connectivity index (χ2v) is 2.70. The van der Waals surface area contributed by atoms with Crippen molar-refractivity contribution in [3.8, 4) is 0 Å². The van der Waals surface area contributed by atoms with Gasteiger partial charge in [0.15, 0.2) is 0 Å². The van der Waals surface area contributed by atoms with Crippen LogP contribution >= 0.6 is 0 Å². The molecular formula is C8H12O5. The van der Waals surface area contributed by atoms with E-state index in [-0.39, 0.29) is 0 Å². The highest BCUT2D eigenvalue weighted by Crippen LogP contribution is 2.09. The first kappa shape index (κ1) is 11.6. The zero-order valence-electron chi connectivity index (χ0n) is 7.73. The number of esters is 1. The maximum absolute atomic E-state index is 10.9. The molecule has 0 unspecified atom stereocenters. The lowest BCUT2D eigenvalue weighted by Crippen LogP contribution is -2.29. The summed E-state index contributed by atoms with van der Waals surface area (Å²) in [6, 6.07) is 0. The number of hydrogen-bond donors (Lipinski definition) is 1. The summed E-state index contributed by atoms with van der Waals surface area (Å²) in [6.45, 7) is 3.08. The Morgan fingerprint density at radius 2 is 1.85 bits per heavy atom. The van der Waals surface area contributed by atoms with Gasteiger partial charge in [0.25, 0.3) is 0 Å². The minimum absolute atomic E-state index is 0.702. The SMILES string of the molecule is COC(C)(C)OC(=O)C=CC(=O)O. The fourth-order valence-corrected chi connectivity index (χ4v) is 0.457. The van der Waals surface area contributed by atoms with Gasteiger partial charge < -0.3 is 14.6 Å². The predicted octanol–water partition coefficient (Wildman–Crippen LogP) is 0.553. The Morgan fingerprint density at radius 3 is 2.23 bits per heavy atom. The zero-order valence-corrected chi connectivity index (χ0v) is 7.73. The smallest absolute Gasteiger partial charge is 0.333 e. The van der Waals surface area contributed by atoms with Crippen molar-refractivity contribution in [3.63, 3.8) is 0 Å². The van der Waals surface area contributed by atoms with Crippen LogP contribution in [0, 0.1) is 0 Å². The van der Waals surface area contributed by atoms with E-state index < -0.39 is 17.7 Å². The van der Waals surface area contributed by atoms with Gasteiger partial charge in [0, 0.05) is 33.1 Å². The van der Waals surface area contributed by atoms with E-state index in [1.807, 2.05) is 0 Å². The molecular weight excluding hydrogens is 176 g/mol. The van der Waals surface area contributed by atoms with Gasteiger partial charge in [0.05, 0.1) is 0 Å². The standard InChI is InChI=1S/C8H12O5/c1-8(2,12-3)13-7(11)5-4-6(9)10/h4-5H,1-3H3,(H,9,10). The van der Waals surface area contributed by atoms with Crippen LogP contribution in [0.4, 0.5) is 0 Å². The number of carbonyl (C=O) groups excluding carboxylic acids is 1. The first-order valence-corrected chi connectivity index (χ1v) is 3.56. The third-order valence-corrected chi connectivity index (χ3v) is 1.20. The lowest BCUT2D eigenvalue weighted by Gasteiger charge is -2.21. The van der Waals surface area contributed by atoms with Crippen molar-refractivity contribution >= 4 is 11.9 Å². The molecule has 0 fully saturated rings. The number of carboxylic acids is 1. The molecule has 0 heterocycles. The summed E-state index contributed by atoms with van der Waals surface area (Å²) in [5.74, 6) is -3.00.